The van der Waals surface area contributed by atoms with Gasteiger partial charge >= 0.3 is 0 Å². The van der Waals surface area contributed by atoms with Crippen LogP contribution in [-0.4, -0.2) is 18.0 Å². The second kappa shape index (κ2) is 4.35. The number of nitrogens with zero attached hydrogens (tertiary/aromatic N) is 1. The Morgan fingerprint density at radius 2 is 2.25 bits per heavy atom. The number of nitrogens with two attached hydrogens (primary N) is 1. The van der Waals surface area contributed by atoms with E-state index < -0.39 is 0 Å². The summed E-state index contributed by atoms with van der Waals surface area (Å²) in [7, 11) is 0. The van der Waals surface area contributed by atoms with Crippen molar-refractivity contribution in [3.05, 3.63) is 46.2 Å². The van der Waals surface area contributed by atoms with Gasteiger partial charge in [-0.25, -0.2) is 4.99 Å². The first-order valence-electron chi connectivity index (χ1n) is 6.98. The van der Waals surface area contributed by atoms with E-state index in [0.717, 1.165) is 25.8 Å². The van der Waals surface area contributed by atoms with Crippen LogP contribution in [0.2, 0.25) is 0 Å². The molecule has 1 aliphatic heterocycles. The number of guanidine groups is 1. The number of benzene rings is 1. The molecular weight excluding hydrogens is 266 g/mol. The van der Waals surface area contributed by atoms with Crippen LogP contribution in [0, 0.1) is 0 Å². The molecule has 2 aromatic rings. The normalized spacial score (nSPS) is 24.3. The molecule has 0 radical (unpaired) electrons. The average Bonchev–Trinajstić information content (AvgIpc) is 3.09. The van der Waals surface area contributed by atoms with E-state index >= 15 is 0 Å². The summed E-state index contributed by atoms with van der Waals surface area (Å²) in [5.74, 6) is 0.599. The van der Waals surface area contributed by atoms with E-state index in [1.165, 1.54) is 22.3 Å². The van der Waals surface area contributed by atoms with Gasteiger partial charge in [0.05, 0.1) is 5.54 Å². The molecule has 1 atom stereocenters. The third-order valence-electron chi connectivity index (χ3n) is 4.42. The Hall–Kier alpha value is -1.81. The van der Waals surface area contributed by atoms with Crippen LogP contribution in [0.1, 0.15) is 17.5 Å². The zero-order valence-corrected chi connectivity index (χ0v) is 12.0. The fourth-order valence-electron chi connectivity index (χ4n) is 3.42. The number of thiophene rings is 1. The van der Waals surface area contributed by atoms with Crippen molar-refractivity contribution in [1.82, 2.24) is 5.32 Å². The molecule has 0 bridgehead atoms. The van der Waals surface area contributed by atoms with Gasteiger partial charge in [-0.05, 0) is 58.3 Å². The zero-order chi connectivity index (χ0) is 13.6. The van der Waals surface area contributed by atoms with Crippen molar-refractivity contribution >= 4 is 17.3 Å². The zero-order valence-electron chi connectivity index (χ0n) is 11.2. The third kappa shape index (κ3) is 1.83. The molecule has 0 fully saturated rings. The minimum atomic E-state index is -0.00957. The lowest BCUT2D eigenvalue weighted by Gasteiger charge is -2.32. The second-order valence-electron chi connectivity index (χ2n) is 5.71. The molecule has 102 valence electrons. The Morgan fingerprint density at radius 1 is 1.30 bits per heavy atom. The molecule has 20 heavy (non-hydrogen) atoms. The maximum Gasteiger partial charge on any atom is 0.189 e. The first-order chi connectivity index (χ1) is 9.76. The first-order valence-corrected chi connectivity index (χ1v) is 7.93. The van der Waals surface area contributed by atoms with Crippen LogP contribution in [0.3, 0.4) is 0 Å². The van der Waals surface area contributed by atoms with E-state index in [4.69, 9.17) is 5.73 Å². The fraction of sp³-hybridized carbons (Fsp3) is 0.312. The van der Waals surface area contributed by atoms with Gasteiger partial charge in [0.1, 0.15) is 0 Å². The number of hydrogen-bond acceptors (Lipinski definition) is 4. The van der Waals surface area contributed by atoms with Gasteiger partial charge in [0, 0.05) is 6.54 Å². The van der Waals surface area contributed by atoms with Crippen LogP contribution in [0.15, 0.2) is 40.0 Å². The highest BCUT2D eigenvalue weighted by molar-refractivity contribution is 7.08. The molecule has 4 rings (SSSR count). The molecule has 1 aromatic carbocycles. The smallest absolute Gasteiger partial charge is 0.189 e. The summed E-state index contributed by atoms with van der Waals surface area (Å²) in [5, 5.41) is 7.56. The monoisotopic (exact) mass is 283 g/mol. The van der Waals surface area contributed by atoms with Crippen LogP contribution in [0.25, 0.3) is 11.1 Å². The lowest BCUT2D eigenvalue weighted by atomic mass is 9.76. The van der Waals surface area contributed by atoms with Gasteiger partial charge in [-0.15, -0.1) is 0 Å². The van der Waals surface area contributed by atoms with Gasteiger partial charge in [0.25, 0.3) is 0 Å². The molecule has 3 nitrogen and oxygen atoms in total. The van der Waals surface area contributed by atoms with Gasteiger partial charge < -0.3 is 11.1 Å². The predicted molar refractivity (Wildman–Crippen MR) is 84.1 cm³/mol. The highest BCUT2D eigenvalue weighted by atomic mass is 32.1. The first kappa shape index (κ1) is 12.0. The number of nitrogens with one attached hydrogen (secondary N) is 1. The van der Waals surface area contributed by atoms with E-state index in [1.807, 2.05) is 0 Å². The minimum Gasteiger partial charge on any atom is -0.370 e. The summed E-state index contributed by atoms with van der Waals surface area (Å²) in [6.07, 6.45) is 3.16. The molecule has 4 heteroatoms. The summed E-state index contributed by atoms with van der Waals surface area (Å²) in [6, 6.07) is 8.86. The Morgan fingerprint density at radius 3 is 3.00 bits per heavy atom. The van der Waals surface area contributed by atoms with Gasteiger partial charge in [0.2, 0.25) is 0 Å². The molecule has 1 aromatic heterocycles. The summed E-state index contributed by atoms with van der Waals surface area (Å²) in [4.78, 5) is 4.66. The molecule has 1 aliphatic carbocycles. The minimum absolute atomic E-state index is 0.00957. The highest BCUT2D eigenvalue weighted by Crippen LogP contribution is 2.38. The van der Waals surface area contributed by atoms with E-state index in [2.05, 4.69) is 45.3 Å². The van der Waals surface area contributed by atoms with Crippen molar-refractivity contribution in [2.24, 2.45) is 10.7 Å². The van der Waals surface area contributed by atoms with Crippen LogP contribution >= 0.6 is 11.3 Å². The number of rotatable bonds is 1. The molecule has 1 spiro atoms. The van der Waals surface area contributed by atoms with E-state index in [1.54, 1.807) is 11.3 Å². The number of aliphatic imine (C=N–C) groups is 1. The van der Waals surface area contributed by atoms with Crippen LogP contribution < -0.4 is 11.1 Å². The maximum atomic E-state index is 5.81. The van der Waals surface area contributed by atoms with Crippen LogP contribution in [0.4, 0.5) is 0 Å². The molecular formula is C16H17N3S. The number of hydrogen-bond donors (Lipinski definition) is 2. The van der Waals surface area contributed by atoms with E-state index in [-0.39, 0.29) is 5.54 Å². The molecule has 2 heterocycles. The fourth-order valence-corrected chi connectivity index (χ4v) is 4.08. The number of fused-ring (bicyclic) bond motifs is 1. The molecule has 1 unspecified atom stereocenters. The molecule has 2 aliphatic rings. The van der Waals surface area contributed by atoms with Crippen molar-refractivity contribution in [1.29, 1.82) is 0 Å². The van der Waals surface area contributed by atoms with Crippen molar-refractivity contribution in [2.75, 3.05) is 6.54 Å². The highest BCUT2D eigenvalue weighted by Gasteiger charge is 2.38. The summed E-state index contributed by atoms with van der Waals surface area (Å²) in [6.45, 7) is 0.876. The second-order valence-corrected chi connectivity index (χ2v) is 6.49. The van der Waals surface area contributed by atoms with Gasteiger partial charge in [0.15, 0.2) is 5.96 Å². The lowest BCUT2D eigenvalue weighted by Crippen LogP contribution is -2.39. The quantitative estimate of drug-likeness (QED) is 0.845. The van der Waals surface area contributed by atoms with E-state index in [9.17, 15) is 0 Å². The van der Waals surface area contributed by atoms with Gasteiger partial charge in [-0.2, -0.15) is 11.3 Å². The Kier molecular flexibility index (Phi) is 2.60. The topological polar surface area (TPSA) is 50.4 Å². The summed E-state index contributed by atoms with van der Waals surface area (Å²) >= 11 is 1.76. The molecule has 0 amide bonds. The average molecular weight is 283 g/mol. The lowest BCUT2D eigenvalue weighted by molar-refractivity contribution is 0.395. The Bertz CT molecular complexity index is 675. The SMILES string of the molecule is NC1=NC2(CCc3c(cccc3-c3ccsc3)C2)CN1. The van der Waals surface area contributed by atoms with Crippen molar-refractivity contribution in [3.63, 3.8) is 0 Å². The molecule has 0 saturated heterocycles. The third-order valence-corrected chi connectivity index (χ3v) is 5.10. The standard InChI is InChI=1S/C16H17N3S/c17-15-18-10-16(19-15)6-4-14-11(8-16)2-1-3-13(14)12-5-7-20-9-12/h1-3,5,7,9H,4,6,8,10H2,(H3,17,18,19). The van der Waals surface area contributed by atoms with Crippen molar-refractivity contribution in [3.8, 4) is 11.1 Å². The largest absolute Gasteiger partial charge is 0.370 e. The van der Waals surface area contributed by atoms with Crippen molar-refractivity contribution < 1.29 is 0 Å². The molecule has 3 N–H and O–H groups in total. The van der Waals surface area contributed by atoms with E-state index in [0.29, 0.717) is 5.96 Å². The predicted octanol–water partition coefficient (Wildman–Crippen LogP) is 2.56. The van der Waals surface area contributed by atoms with Crippen molar-refractivity contribution in [2.45, 2.75) is 24.8 Å². The van der Waals surface area contributed by atoms with Crippen LogP contribution in [0.5, 0.6) is 0 Å². The summed E-state index contributed by atoms with van der Waals surface area (Å²) in [5.41, 5.74) is 11.5. The maximum absolute atomic E-state index is 5.81. The summed E-state index contributed by atoms with van der Waals surface area (Å²) < 4.78 is 0. The Labute approximate surface area is 122 Å². The molecule has 0 saturated carbocycles. The van der Waals surface area contributed by atoms with Gasteiger partial charge in [-0.1, -0.05) is 18.2 Å². The van der Waals surface area contributed by atoms with Gasteiger partial charge in [-0.3, -0.25) is 0 Å². The Balaban J connectivity index is 1.76. The van der Waals surface area contributed by atoms with Crippen LogP contribution in [-0.2, 0) is 12.8 Å².